The lowest BCUT2D eigenvalue weighted by Crippen LogP contribution is -2.48. The molecule has 0 heterocycles. The summed E-state index contributed by atoms with van der Waals surface area (Å²) in [6, 6.07) is 0. The first kappa shape index (κ1) is 7.69. The number of rotatable bonds is 1. The average Bonchev–Trinajstić information content (AvgIpc) is 2.02. The topological polar surface area (TPSA) is 20.2 Å². The maximum absolute atomic E-state index is 9.35. The van der Waals surface area contributed by atoms with E-state index in [0.29, 0.717) is 4.75 Å². The van der Waals surface area contributed by atoms with Crippen molar-refractivity contribution >= 4 is 12.0 Å². The summed E-state index contributed by atoms with van der Waals surface area (Å²) in [4.78, 5) is 0. The minimum absolute atomic E-state index is 0.314. The molecule has 0 unspecified atom stereocenters. The van der Waals surface area contributed by atoms with Gasteiger partial charge in [0.1, 0.15) is 0 Å². The van der Waals surface area contributed by atoms with E-state index in [1.807, 2.05) is 0 Å². The van der Waals surface area contributed by atoms with Crippen LogP contribution in [0.1, 0.15) is 38.5 Å². The van der Waals surface area contributed by atoms with Crippen LogP contribution in [-0.4, -0.2) is 9.30 Å². The normalized spacial score (nSPS) is 56.2. The average molecular weight is 184 g/mol. The smallest absolute Gasteiger partial charge is 0.0428 e. The van der Waals surface area contributed by atoms with Crippen LogP contribution in [-0.2, 0) is 0 Å². The van der Waals surface area contributed by atoms with Gasteiger partial charge < -0.3 is 4.55 Å². The summed E-state index contributed by atoms with van der Waals surface area (Å²) in [6.45, 7) is 0. The van der Waals surface area contributed by atoms with Crippen molar-refractivity contribution in [3.05, 3.63) is 0 Å². The molecule has 4 rings (SSSR count). The van der Waals surface area contributed by atoms with Gasteiger partial charge in [0.25, 0.3) is 0 Å². The molecular formula is C10H16OS. The van der Waals surface area contributed by atoms with Crippen LogP contribution in [0.25, 0.3) is 0 Å². The van der Waals surface area contributed by atoms with Crippen molar-refractivity contribution in [3.8, 4) is 0 Å². The summed E-state index contributed by atoms with van der Waals surface area (Å²) in [6.07, 6.45) is 8.33. The molecule has 0 aromatic rings. The highest BCUT2D eigenvalue weighted by Crippen LogP contribution is 2.59. The zero-order valence-electron chi connectivity index (χ0n) is 7.33. The van der Waals surface area contributed by atoms with Crippen molar-refractivity contribution in [3.63, 3.8) is 0 Å². The third kappa shape index (κ3) is 0.973. The molecule has 0 radical (unpaired) electrons. The zero-order valence-corrected chi connectivity index (χ0v) is 8.15. The molecule has 68 valence electrons. The molecule has 4 aliphatic rings. The molecule has 2 heteroatoms. The Hall–Kier alpha value is 0.310. The Bertz CT molecular complexity index is 167. The summed E-state index contributed by atoms with van der Waals surface area (Å²) < 4.78 is 9.66. The third-order valence-electron chi connectivity index (χ3n) is 4.18. The van der Waals surface area contributed by atoms with Crippen LogP contribution < -0.4 is 0 Å². The molecule has 4 aliphatic carbocycles. The van der Waals surface area contributed by atoms with Crippen LogP contribution >= 0.6 is 12.0 Å². The molecule has 12 heavy (non-hydrogen) atoms. The van der Waals surface area contributed by atoms with Gasteiger partial charge in [-0.2, -0.15) is 0 Å². The molecular weight excluding hydrogens is 168 g/mol. The highest BCUT2D eigenvalue weighted by molar-refractivity contribution is 7.95. The predicted molar refractivity (Wildman–Crippen MR) is 51.1 cm³/mol. The highest BCUT2D eigenvalue weighted by Gasteiger charge is 2.51. The van der Waals surface area contributed by atoms with Crippen LogP contribution in [0.5, 0.6) is 0 Å². The Morgan fingerprint density at radius 3 is 1.67 bits per heavy atom. The van der Waals surface area contributed by atoms with Crippen molar-refractivity contribution < 1.29 is 4.55 Å². The molecule has 1 nitrogen and oxygen atoms in total. The van der Waals surface area contributed by atoms with Gasteiger partial charge in [-0.15, -0.1) is 0 Å². The molecule has 0 saturated heterocycles. The van der Waals surface area contributed by atoms with Gasteiger partial charge in [-0.1, -0.05) is 0 Å². The van der Waals surface area contributed by atoms with Crippen molar-refractivity contribution in [1.29, 1.82) is 0 Å². The fourth-order valence-corrected chi connectivity index (χ4v) is 5.07. The molecule has 1 N–H and O–H groups in total. The molecule has 4 saturated carbocycles. The summed E-state index contributed by atoms with van der Waals surface area (Å²) in [5.41, 5.74) is 0. The summed E-state index contributed by atoms with van der Waals surface area (Å²) >= 11 is 1.18. The number of hydrogen-bond acceptors (Lipinski definition) is 2. The molecule has 0 aromatic heterocycles. The van der Waals surface area contributed by atoms with Gasteiger partial charge in [-0.25, -0.2) is 0 Å². The Morgan fingerprint density at radius 1 is 0.917 bits per heavy atom. The lowest BCUT2D eigenvalue weighted by atomic mass is 9.56. The molecule has 0 aromatic carbocycles. The van der Waals surface area contributed by atoms with Gasteiger partial charge in [0, 0.05) is 4.75 Å². The third-order valence-corrected chi connectivity index (χ3v) is 5.06. The Morgan fingerprint density at radius 2 is 1.33 bits per heavy atom. The summed E-state index contributed by atoms with van der Waals surface area (Å²) in [5, 5.41) is 0. The Kier molecular flexibility index (Phi) is 1.55. The van der Waals surface area contributed by atoms with Gasteiger partial charge >= 0.3 is 0 Å². The van der Waals surface area contributed by atoms with Gasteiger partial charge in [-0.3, -0.25) is 0 Å². The second-order valence-corrected chi connectivity index (χ2v) is 6.24. The van der Waals surface area contributed by atoms with E-state index in [0.717, 1.165) is 17.8 Å². The van der Waals surface area contributed by atoms with Crippen molar-refractivity contribution in [2.45, 2.75) is 43.3 Å². The lowest BCUT2D eigenvalue weighted by Gasteiger charge is -2.55. The fraction of sp³-hybridized carbons (Fsp3) is 1.00. The second-order valence-electron chi connectivity index (χ2n) is 5.19. The molecule has 0 aliphatic heterocycles. The molecule has 4 fully saturated rings. The van der Waals surface area contributed by atoms with E-state index in [9.17, 15) is 4.55 Å². The van der Waals surface area contributed by atoms with E-state index >= 15 is 0 Å². The van der Waals surface area contributed by atoms with Crippen LogP contribution in [0.3, 0.4) is 0 Å². The first-order chi connectivity index (χ1) is 5.80. The maximum atomic E-state index is 9.35. The molecule has 0 amide bonds. The van der Waals surface area contributed by atoms with Crippen molar-refractivity contribution in [1.82, 2.24) is 0 Å². The first-order valence-electron chi connectivity index (χ1n) is 5.12. The highest BCUT2D eigenvalue weighted by atomic mass is 32.2. The van der Waals surface area contributed by atoms with Gasteiger partial charge in [-0.05, 0) is 68.3 Å². The van der Waals surface area contributed by atoms with Crippen LogP contribution in [0.4, 0.5) is 0 Å². The van der Waals surface area contributed by atoms with Gasteiger partial charge in [0.2, 0.25) is 0 Å². The zero-order chi connectivity index (χ0) is 8.18. The minimum atomic E-state index is 0.314. The van der Waals surface area contributed by atoms with E-state index in [1.54, 1.807) is 0 Å². The molecule has 4 bridgehead atoms. The quantitative estimate of drug-likeness (QED) is 0.632. The van der Waals surface area contributed by atoms with Gasteiger partial charge in [0.05, 0.1) is 0 Å². The predicted octanol–water partition coefficient (Wildman–Crippen LogP) is 3.16. The fourth-order valence-electron chi connectivity index (χ4n) is 4.14. The largest absolute Gasteiger partial charge is 0.329 e. The van der Waals surface area contributed by atoms with Crippen molar-refractivity contribution in [2.24, 2.45) is 17.8 Å². The second kappa shape index (κ2) is 2.42. The van der Waals surface area contributed by atoms with Gasteiger partial charge in [0.15, 0.2) is 0 Å². The van der Waals surface area contributed by atoms with Crippen LogP contribution in [0.15, 0.2) is 0 Å². The van der Waals surface area contributed by atoms with E-state index in [2.05, 4.69) is 0 Å². The Balaban J connectivity index is 1.90. The van der Waals surface area contributed by atoms with E-state index in [-0.39, 0.29) is 0 Å². The monoisotopic (exact) mass is 184 g/mol. The van der Waals surface area contributed by atoms with E-state index in [1.165, 1.54) is 50.6 Å². The molecule has 0 spiro atoms. The van der Waals surface area contributed by atoms with Crippen molar-refractivity contribution in [2.75, 3.05) is 0 Å². The van der Waals surface area contributed by atoms with Crippen LogP contribution in [0, 0.1) is 17.8 Å². The molecule has 0 atom stereocenters. The minimum Gasteiger partial charge on any atom is -0.329 e. The first-order valence-corrected chi connectivity index (χ1v) is 5.89. The SMILES string of the molecule is OSC12CC3CC(CC(C3)C1)C2. The number of hydrogen-bond donors (Lipinski definition) is 1. The summed E-state index contributed by atoms with van der Waals surface area (Å²) in [5.74, 6) is 2.91. The summed E-state index contributed by atoms with van der Waals surface area (Å²) in [7, 11) is 0. The lowest BCUT2D eigenvalue weighted by molar-refractivity contribution is 0.0363. The van der Waals surface area contributed by atoms with E-state index in [4.69, 9.17) is 0 Å². The maximum Gasteiger partial charge on any atom is 0.0428 e. The van der Waals surface area contributed by atoms with Crippen LogP contribution in [0.2, 0.25) is 0 Å². The Labute approximate surface area is 78.1 Å². The standard InChI is InChI=1S/C10H16OS/c11-12-10-4-7-1-8(5-10)3-9(2-7)6-10/h7-9,11H,1-6H2. The van der Waals surface area contributed by atoms with E-state index < -0.39 is 0 Å².